The third-order valence-corrected chi connectivity index (χ3v) is 7.57. The zero-order valence-electron chi connectivity index (χ0n) is 23.8. The van der Waals surface area contributed by atoms with Gasteiger partial charge in [0, 0.05) is 84.1 Å². The van der Waals surface area contributed by atoms with E-state index in [9.17, 15) is 0 Å². The average molecular weight is 543 g/mol. The Morgan fingerprint density at radius 2 is 1.10 bits per heavy atom. The molecule has 2 aliphatic heterocycles. The van der Waals surface area contributed by atoms with Crippen LogP contribution in [0.25, 0.3) is 11.4 Å². The molecule has 0 atom stereocenters. The number of rotatable bonds is 11. The van der Waals surface area contributed by atoms with Gasteiger partial charge in [0.2, 0.25) is 0 Å². The molecule has 1 aromatic heterocycles. The molecule has 2 N–H and O–H groups in total. The minimum Gasteiger partial charge on any atom is -0.367 e. The molecule has 5 rings (SSSR count). The van der Waals surface area contributed by atoms with Crippen molar-refractivity contribution >= 4 is 23.0 Å². The van der Waals surface area contributed by atoms with Crippen molar-refractivity contribution in [3.05, 3.63) is 60.7 Å². The quantitative estimate of drug-likeness (QED) is 0.353. The molecule has 0 radical (unpaired) electrons. The fourth-order valence-electron chi connectivity index (χ4n) is 4.92. The van der Waals surface area contributed by atoms with Crippen LogP contribution < -0.4 is 10.6 Å². The molecule has 2 fully saturated rings. The Labute approximate surface area is 238 Å². The monoisotopic (exact) mass is 542 g/mol. The van der Waals surface area contributed by atoms with Crippen LogP contribution in [-0.4, -0.2) is 122 Å². The lowest BCUT2D eigenvalue weighted by molar-refractivity contribution is 0.158. The fraction of sp³-hybridized carbons (Fsp3) is 0.467. The van der Waals surface area contributed by atoms with E-state index < -0.39 is 0 Å². The van der Waals surface area contributed by atoms with Crippen LogP contribution in [0.3, 0.4) is 0 Å². The number of hydrogen-bond acceptors (Lipinski definition) is 10. The average Bonchev–Trinajstić information content (AvgIpc) is 2.99. The maximum Gasteiger partial charge on any atom is 0.170 e. The van der Waals surface area contributed by atoms with Gasteiger partial charge in [-0.3, -0.25) is 9.80 Å². The molecular formula is C30H42N10. The normalized spacial score (nSPS) is 17.9. The van der Waals surface area contributed by atoms with Crippen LogP contribution in [0.2, 0.25) is 0 Å². The number of likely N-dealkylation sites (N-methyl/N-ethyl adjacent to an activating group) is 2. The minimum atomic E-state index is 0.639. The van der Waals surface area contributed by atoms with Gasteiger partial charge < -0.3 is 20.4 Å². The Morgan fingerprint density at radius 3 is 1.60 bits per heavy atom. The summed E-state index contributed by atoms with van der Waals surface area (Å²) in [6.07, 6.45) is 0. The van der Waals surface area contributed by atoms with Crippen LogP contribution >= 0.6 is 0 Å². The summed E-state index contributed by atoms with van der Waals surface area (Å²) in [7, 11) is 4.37. The van der Waals surface area contributed by atoms with Gasteiger partial charge in [-0.25, -0.2) is 9.97 Å². The van der Waals surface area contributed by atoms with E-state index in [0.717, 1.165) is 89.8 Å². The summed E-state index contributed by atoms with van der Waals surface area (Å²) < 4.78 is 0. The molecule has 2 aromatic carbocycles. The van der Waals surface area contributed by atoms with Crippen molar-refractivity contribution in [1.29, 1.82) is 0 Å². The van der Waals surface area contributed by atoms with E-state index in [4.69, 9.17) is 15.1 Å². The number of piperazine rings is 2. The van der Waals surface area contributed by atoms with Gasteiger partial charge in [0.1, 0.15) is 0 Å². The summed E-state index contributed by atoms with van der Waals surface area (Å²) in [5, 5.41) is 16.4. The summed E-state index contributed by atoms with van der Waals surface area (Å²) in [6.45, 7) is 12.1. The second-order valence-corrected chi connectivity index (χ2v) is 10.6. The van der Waals surface area contributed by atoms with Gasteiger partial charge in [-0.1, -0.05) is 48.5 Å². The van der Waals surface area contributed by atoms with Crippen molar-refractivity contribution < 1.29 is 0 Å². The van der Waals surface area contributed by atoms with E-state index in [0.29, 0.717) is 23.1 Å². The predicted molar refractivity (Wildman–Crippen MR) is 163 cm³/mol. The van der Waals surface area contributed by atoms with Gasteiger partial charge in [0.15, 0.2) is 23.1 Å². The van der Waals surface area contributed by atoms with Gasteiger partial charge in [-0.15, -0.1) is 5.11 Å². The molecule has 3 aromatic rings. The Bertz CT molecular complexity index is 1150. The summed E-state index contributed by atoms with van der Waals surface area (Å²) >= 11 is 0. The summed E-state index contributed by atoms with van der Waals surface area (Å²) in [4.78, 5) is 19.7. The van der Waals surface area contributed by atoms with Crippen molar-refractivity contribution in [2.24, 2.45) is 10.2 Å². The molecule has 0 amide bonds. The highest BCUT2D eigenvalue weighted by Crippen LogP contribution is 2.34. The first-order valence-electron chi connectivity index (χ1n) is 14.4. The number of benzene rings is 2. The number of azo groups is 1. The molecule has 10 heteroatoms. The molecule has 10 nitrogen and oxygen atoms in total. The van der Waals surface area contributed by atoms with Crippen molar-refractivity contribution in [2.75, 3.05) is 103 Å². The molecule has 2 aliphatic rings. The standard InChI is InChI=1S/C30H42N10/c1-37-17-21-39(22-18-37)15-13-31-29-27(36-35-26-11-7-4-8-12-26)30(32-14-16-40-23-19-38(2)20-24-40)34-28(33-29)25-9-5-3-6-10-25/h3-12H,13-24H2,1-2H3,(H2,31,32,33,34)/b36-35+. The van der Waals surface area contributed by atoms with E-state index in [1.54, 1.807) is 0 Å². The lowest BCUT2D eigenvalue weighted by atomic mass is 10.2. The molecule has 0 aliphatic carbocycles. The third kappa shape index (κ3) is 8.04. The lowest BCUT2D eigenvalue weighted by Crippen LogP contribution is -2.45. The molecule has 40 heavy (non-hydrogen) atoms. The third-order valence-electron chi connectivity index (χ3n) is 7.57. The molecule has 0 bridgehead atoms. The number of hydrogen-bond donors (Lipinski definition) is 2. The highest BCUT2D eigenvalue weighted by molar-refractivity contribution is 5.77. The summed E-state index contributed by atoms with van der Waals surface area (Å²) in [5.41, 5.74) is 2.40. The Kier molecular flexibility index (Phi) is 10.0. The van der Waals surface area contributed by atoms with E-state index in [2.05, 4.69) is 49.4 Å². The topological polar surface area (TPSA) is 87.5 Å². The molecule has 2 saturated heterocycles. The fourth-order valence-corrected chi connectivity index (χ4v) is 4.92. The first kappa shape index (κ1) is 28.1. The number of anilines is 2. The van der Waals surface area contributed by atoms with Crippen molar-refractivity contribution in [1.82, 2.24) is 29.6 Å². The summed E-state index contributed by atoms with van der Waals surface area (Å²) in [5.74, 6) is 2.07. The number of aromatic nitrogens is 2. The predicted octanol–water partition coefficient (Wildman–Crippen LogP) is 3.88. The van der Waals surface area contributed by atoms with Gasteiger partial charge in [-0.05, 0) is 26.2 Å². The molecule has 3 heterocycles. The van der Waals surface area contributed by atoms with Crippen LogP contribution in [-0.2, 0) is 0 Å². The Balaban J connectivity index is 1.39. The van der Waals surface area contributed by atoms with Gasteiger partial charge in [-0.2, -0.15) is 5.11 Å². The van der Waals surface area contributed by atoms with Crippen LogP contribution in [0, 0.1) is 0 Å². The summed E-state index contributed by atoms with van der Waals surface area (Å²) in [6, 6.07) is 19.9. The van der Waals surface area contributed by atoms with E-state index in [-0.39, 0.29) is 0 Å². The minimum absolute atomic E-state index is 0.639. The second-order valence-electron chi connectivity index (χ2n) is 10.6. The van der Waals surface area contributed by atoms with E-state index >= 15 is 0 Å². The Morgan fingerprint density at radius 1 is 0.625 bits per heavy atom. The lowest BCUT2D eigenvalue weighted by Gasteiger charge is -2.32. The van der Waals surface area contributed by atoms with Crippen LogP contribution in [0.5, 0.6) is 0 Å². The zero-order valence-corrected chi connectivity index (χ0v) is 23.8. The highest BCUT2D eigenvalue weighted by atomic mass is 15.3. The largest absolute Gasteiger partial charge is 0.367 e. The Hall–Kier alpha value is -3.44. The molecule has 0 spiro atoms. The maximum atomic E-state index is 4.96. The first-order valence-corrected chi connectivity index (χ1v) is 14.4. The molecule has 0 saturated carbocycles. The van der Waals surface area contributed by atoms with Crippen LogP contribution in [0.15, 0.2) is 70.9 Å². The van der Waals surface area contributed by atoms with Crippen LogP contribution in [0.1, 0.15) is 0 Å². The van der Waals surface area contributed by atoms with Gasteiger partial charge in [0.05, 0.1) is 5.69 Å². The van der Waals surface area contributed by atoms with Crippen molar-refractivity contribution in [3.63, 3.8) is 0 Å². The number of nitrogens with zero attached hydrogens (tertiary/aromatic N) is 8. The first-order chi connectivity index (χ1) is 19.6. The SMILES string of the molecule is CN1CCN(CCNc2nc(-c3ccccc3)nc(NCCN3CCN(C)CC3)c2/N=N/c2ccccc2)CC1. The molecule has 0 unspecified atom stereocenters. The second kappa shape index (κ2) is 14.3. The van der Waals surface area contributed by atoms with E-state index in [1.807, 2.05) is 60.7 Å². The smallest absolute Gasteiger partial charge is 0.170 e. The molecular weight excluding hydrogens is 500 g/mol. The maximum absolute atomic E-state index is 4.96. The van der Waals surface area contributed by atoms with E-state index in [1.165, 1.54) is 0 Å². The highest BCUT2D eigenvalue weighted by Gasteiger charge is 2.19. The van der Waals surface area contributed by atoms with Gasteiger partial charge in [0.25, 0.3) is 0 Å². The molecule has 212 valence electrons. The van der Waals surface area contributed by atoms with Gasteiger partial charge >= 0.3 is 0 Å². The van der Waals surface area contributed by atoms with Crippen molar-refractivity contribution in [2.45, 2.75) is 0 Å². The number of nitrogens with one attached hydrogen (secondary N) is 2. The van der Waals surface area contributed by atoms with Crippen LogP contribution in [0.4, 0.5) is 23.0 Å². The van der Waals surface area contributed by atoms with Crippen molar-refractivity contribution in [3.8, 4) is 11.4 Å². The zero-order chi connectivity index (χ0) is 27.6.